The summed E-state index contributed by atoms with van der Waals surface area (Å²) in [7, 11) is 0. The molecule has 0 aromatic heterocycles. The molecule has 0 aromatic rings. The van der Waals surface area contributed by atoms with E-state index in [9.17, 15) is 18.3 Å². The summed E-state index contributed by atoms with van der Waals surface area (Å²) in [6.45, 7) is 0.536. The lowest BCUT2D eigenvalue weighted by Gasteiger charge is -2.22. The van der Waals surface area contributed by atoms with Crippen LogP contribution in [0.4, 0.5) is 13.2 Å². The second-order valence-electron chi connectivity index (χ2n) is 3.94. The van der Waals surface area contributed by atoms with Gasteiger partial charge in [0.15, 0.2) is 0 Å². The smallest absolute Gasteiger partial charge is 0.389 e. The third-order valence-corrected chi connectivity index (χ3v) is 2.62. The van der Waals surface area contributed by atoms with E-state index >= 15 is 0 Å². The molecule has 0 spiro atoms. The normalized spacial score (nSPS) is 28.6. The van der Waals surface area contributed by atoms with E-state index in [2.05, 4.69) is 0 Å². The van der Waals surface area contributed by atoms with E-state index in [4.69, 9.17) is 5.11 Å². The maximum Gasteiger partial charge on any atom is 0.389 e. The number of rotatable bonds is 4. The number of aliphatic hydroxyl groups excluding tert-OH is 2. The molecular formula is C9H16F3NO2. The standard InChI is InChI=1S/C9H16F3NO2/c10-9(11,12)2-1-3-13-5-8(15)4-7(13)6-14/h7-8,14-15H,1-6H2. The van der Waals surface area contributed by atoms with Crippen molar-refractivity contribution >= 4 is 0 Å². The molecule has 1 aliphatic rings. The molecule has 90 valence electrons. The minimum Gasteiger partial charge on any atom is -0.395 e. The van der Waals surface area contributed by atoms with Gasteiger partial charge in [0, 0.05) is 19.0 Å². The maximum absolute atomic E-state index is 11.9. The highest BCUT2D eigenvalue weighted by atomic mass is 19.4. The number of halogens is 3. The predicted molar refractivity (Wildman–Crippen MR) is 48.4 cm³/mol. The summed E-state index contributed by atoms with van der Waals surface area (Å²) in [6.07, 6.45) is -4.98. The number of nitrogens with zero attached hydrogens (tertiary/aromatic N) is 1. The Bertz CT molecular complexity index is 198. The number of hydrogen-bond donors (Lipinski definition) is 2. The molecule has 0 saturated carbocycles. The van der Waals surface area contributed by atoms with Gasteiger partial charge in [-0.3, -0.25) is 4.90 Å². The molecule has 2 atom stereocenters. The fourth-order valence-corrected chi connectivity index (χ4v) is 1.90. The van der Waals surface area contributed by atoms with Crippen LogP contribution in [-0.4, -0.2) is 53.1 Å². The van der Waals surface area contributed by atoms with Gasteiger partial charge in [0.1, 0.15) is 0 Å². The molecule has 1 aliphatic heterocycles. The Morgan fingerprint density at radius 1 is 1.33 bits per heavy atom. The quantitative estimate of drug-likeness (QED) is 0.745. The molecule has 15 heavy (non-hydrogen) atoms. The molecule has 2 unspecified atom stereocenters. The number of aliphatic hydroxyl groups is 2. The predicted octanol–water partition coefficient (Wildman–Crippen LogP) is 0.756. The van der Waals surface area contributed by atoms with Gasteiger partial charge < -0.3 is 10.2 Å². The van der Waals surface area contributed by atoms with Gasteiger partial charge in [-0.1, -0.05) is 0 Å². The van der Waals surface area contributed by atoms with Gasteiger partial charge in [0.05, 0.1) is 12.7 Å². The van der Waals surface area contributed by atoms with Crippen LogP contribution >= 0.6 is 0 Å². The average molecular weight is 227 g/mol. The van der Waals surface area contributed by atoms with Crippen molar-refractivity contribution in [2.24, 2.45) is 0 Å². The molecule has 6 heteroatoms. The van der Waals surface area contributed by atoms with Crippen LogP contribution in [-0.2, 0) is 0 Å². The zero-order valence-electron chi connectivity index (χ0n) is 8.37. The molecule has 1 heterocycles. The van der Waals surface area contributed by atoms with Crippen molar-refractivity contribution in [3.8, 4) is 0 Å². The van der Waals surface area contributed by atoms with E-state index in [0.29, 0.717) is 13.0 Å². The molecule has 1 rings (SSSR count). The first kappa shape index (κ1) is 12.7. The Kier molecular flexibility index (Phi) is 4.36. The van der Waals surface area contributed by atoms with Crippen LogP contribution in [0, 0.1) is 0 Å². The van der Waals surface area contributed by atoms with Gasteiger partial charge in [-0.15, -0.1) is 0 Å². The Balaban J connectivity index is 2.26. The van der Waals surface area contributed by atoms with E-state index in [1.54, 1.807) is 4.90 Å². The van der Waals surface area contributed by atoms with Crippen molar-refractivity contribution in [3.63, 3.8) is 0 Å². The second kappa shape index (κ2) is 5.14. The second-order valence-corrected chi connectivity index (χ2v) is 3.94. The lowest BCUT2D eigenvalue weighted by molar-refractivity contribution is -0.136. The highest BCUT2D eigenvalue weighted by Crippen LogP contribution is 2.23. The molecule has 0 radical (unpaired) electrons. The minimum absolute atomic E-state index is 0.0206. The van der Waals surface area contributed by atoms with Gasteiger partial charge >= 0.3 is 6.18 Å². The monoisotopic (exact) mass is 227 g/mol. The molecule has 0 aliphatic carbocycles. The molecule has 2 N–H and O–H groups in total. The van der Waals surface area contributed by atoms with Crippen molar-refractivity contribution in [1.29, 1.82) is 0 Å². The molecule has 0 bridgehead atoms. The fraction of sp³-hybridized carbons (Fsp3) is 1.00. The first-order valence-electron chi connectivity index (χ1n) is 5.02. The van der Waals surface area contributed by atoms with Crippen molar-refractivity contribution < 1.29 is 23.4 Å². The zero-order valence-corrected chi connectivity index (χ0v) is 8.37. The maximum atomic E-state index is 11.9. The summed E-state index contributed by atoms with van der Waals surface area (Å²) in [6, 6.07) is -0.187. The molecular weight excluding hydrogens is 211 g/mol. The van der Waals surface area contributed by atoms with Crippen LogP contribution in [0.15, 0.2) is 0 Å². The van der Waals surface area contributed by atoms with Crippen molar-refractivity contribution in [2.75, 3.05) is 19.7 Å². The Morgan fingerprint density at radius 2 is 2.00 bits per heavy atom. The Morgan fingerprint density at radius 3 is 2.53 bits per heavy atom. The number of alkyl halides is 3. The highest BCUT2D eigenvalue weighted by Gasteiger charge is 2.31. The van der Waals surface area contributed by atoms with E-state index in [-0.39, 0.29) is 25.6 Å². The molecule has 1 saturated heterocycles. The highest BCUT2D eigenvalue weighted by molar-refractivity contribution is 4.84. The number of hydrogen-bond acceptors (Lipinski definition) is 3. The summed E-state index contributed by atoms with van der Waals surface area (Å²) < 4.78 is 35.6. The van der Waals surface area contributed by atoms with E-state index in [1.807, 2.05) is 0 Å². The summed E-state index contributed by atoms with van der Waals surface area (Å²) in [4.78, 5) is 1.72. The number of likely N-dealkylation sites (tertiary alicyclic amines) is 1. The Labute approximate surface area is 86.5 Å². The van der Waals surface area contributed by atoms with Crippen LogP contribution in [0.2, 0.25) is 0 Å². The molecule has 1 fully saturated rings. The van der Waals surface area contributed by atoms with Gasteiger partial charge in [0.2, 0.25) is 0 Å². The summed E-state index contributed by atoms with van der Waals surface area (Å²) in [5.74, 6) is 0. The molecule has 3 nitrogen and oxygen atoms in total. The van der Waals surface area contributed by atoms with Gasteiger partial charge in [-0.2, -0.15) is 13.2 Å². The van der Waals surface area contributed by atoms with Gasteiger partial charge in [0.25, 0.3) is 0 Å². The lowest BCUT2D eigenvalue weighted by atomic mass is 10.2. The third kappa shape index (κ3) is 4.36. The van der Waals surface area contributed by atoms with E-state index < -0.39 is 18.7 Å². The topological polar surface area (TPSA) is 43.7 Å². The average Bonchev–Trinajstić information content (AvgIpc) is 2.44. The lowest BCUT2D eigenvalue weighted by Crippen LogP contribution is -2.33. The van der Waals surface area contributed by atoms with Crippen molar-refractivity contribution in [2.45, 2.75) is 37.6 Å². The summed E-state index contributed by atoms with van der Waals surface area (Å²) in [5.41, 5.74) is 0. The van der Waals surface area contributed by atoms with Crippen LogP contribution in [0.5, 0.6) is 0 Å². The van der Waals surface area contributed by atoms with Crippen LogP contribution in [0.1, 0.15) is 19.3 Å². The van der Waals surface area contributed by atoms with Crippen molar-refractivity contribution in [3.05, 3.63) is 0 Å². The van der Waals surface area contributed by atoms with E-state index in [1.165, 1.54) is 0 Å². The zero-order chi connectivity index (χ0) is 11.5. The third-order valence-electron chi connectivity index (χ3n) is 2.62. The summed E-state index contributed by atoms with van der Waals surface area (Å²) >= 11 is 0. The van der Waals surface area contributed by atoms with E-state index in [0.717, 1.165) is 0 Å². The fourth-order valence-electron chi connectivity index (χ4n) is 1.90. The van der Waals surface area contributed by atoms with Crippen molar-refractivity contribution in [1.82, 2.24) is 4.90 Å². The minimum atomic E-state index is -4.12. The van der Waals surface area contributed by atoms with Gasteiger partial charge in [-0.25, -0.2) is 0 Å². The number of β-amino-alcohol motifs (C(OH)–C–C–N with tert-alkyl or cyclic N) is 1. The SMILES string of the molecule is OCC1CC(O)CN1CCCC(F)(F)F. The van der Waals surface area contributed by atoms with Crippen LogP contribution in [0.3, 0.4) is 0 Å². The Hall–Kier alpha value is -0.330. The van der Waals surface area contributed by atoms with Gasteiger partial charge in [-0.05, 0) is 19.4 Å². The van der Waals surface area contributed by atoms with Crippen LogP contribution in [0.25, 0.3) is 0 Å². The summed E-state index contributed by atoms with van der Waals surface area (Å²) in [5, 5.41) is 18.2. The largest absolute Gasteiger partial charge is 0.395 e. The molecule has 0 amide bonds. The van der Waals surface area contributed by atoms with Crippen LogP contribution < -0.4 is 0 Å². The molecule has 0 aromatic carbocycles. The first-order valence-corrected chi connectivity index (χ1v) is 5.02. The first-order chi connectivity index (χ1) is 6.92.